The van der Waals surface area contributed by atoms with E-state index in [-0.39, 0.29) is 44.4 Å². The summed E-state index contributed by atoms with van der Waals surface area (Å²) < 4.78 is 4.81. The van der Waals surface area contributed by atoms with E-state index in [0.717, 1.165) is 22.3 Å². The molecule has 1 atom stereocenters. The van der Waals surface area contributed by atoms with Crippen LogP contribution in [0.2, 0.25) is 0 Å². The van der Waals surface area contributed by atoms with Gasteiger partial charge in [0.15, 0.2) is 0 Å². The second-order valence-electron chi connectivity index (χ2n) is 11.1. The summed E-state index contributed by atoms with van der Waals surface area (Å²) >= 11 is 0. The molecular formula is C37H40N6O5. The molecule has 4 rings (SSSR count). The molecule has 0 radical (unpaired) electrons. The SMILES string of the molecule is CCOC(=O)CNC(=O)NCc1ccc(CN(C(=O)C(c2ccccc2)c2ccccc2)[C@H](Cc2cccc(C(=N)N)c2)C(N)=O)cc1. The van der Waals surface area contributed by atoms with Crippen molar-refractivity contribution in [3.8, 4) is 0 Å². The fraction of sp³-hybridized carbons (Fsp3) is 0.216. The second kappa shape index (κ2) is 17.1. The summed E-state index contributed by atoms with van der Waals surface area (Å²) in [5, 5.41) is 13.0. The van der Waals surface area contributed by atoms with Crippen molar-refractivity contribution in [2.75, 3.05) is 13.2 Å². The van der Waals surface area contributed by atoms with Crippen LogP contribution in [0, 0.1) is 5.41 Å². The van der Waals surface area contributed by atoms with Crippen LogP contribution in [-0.4, -0.2) is 53.7 Å². The van der Waals surface area contributed by atoms with E-state index >= 15 is 0 Å². The first kappa shape index (κ1) is 34.9. The molecule has 0 unspecified atom stereocenters. The number of primary amides is 1. The van der Waals surface area contributed by atoms with Gasteiger partial charge in [-0.3, -0.25) is 19.8 Å². The van der Waals surface area contributed by atoms with Crippen LogP contribution in [-0.2, 0) is 38.6 Å². The van der Waals surface area contributed by atoms with Crippen LogP contribution < -0.4 is 22.1 Å². The van der Waals surface area contributed by atoms with E-state index in [9.17, 15) is 19.2 Å². The predicted molar refractivity (Wildman–Crippen MR) is 183 cm³/mol. The zero-order chi connectivity index (χ0) is 34.5. The lowest BCUT2D eigenvalue weighted by atomic mass is 9.88. The average molecular weight is 649 g/mol. The molecule has 11 nitrogen and oxygen atoms in total. The molecule has 0 heterocycles. The molecule has 48 heavy (non-hydrogen) atoms. The molecule has 0 aliphatic carbocycles. The molecule has 0 aliphatic heterocycles. The average Bonchev–Trinajstić information content (AvgIpc) is 3.09. The Kier molecular flexibility index (Phi) is 12.4. The minimum absolute atomic E-state index is 0.0722. The van der Waals surface area contributed by atoms with E-state index in [1.807, 2.05) is 91.0 Å². The van der Waals surface area contributed by atoms with Gasteiger partial charge in [0.05, 0.1) is 12.5 Å². The van der Waals surface area contributed by atoms with Crippen molar-refractivity contribution >= 4 is 29.7 Å². The van der Waals surface area contributed by atoms with Gasteiger partial charge < -0.3 is 31.7 Å². The van der Waals surface area contributed by atoms with Crippen molar-refractivity contribution in [2.45, 2.75) is 38.4 Å². The Morgan fingerprint density at radius 1 is 0.771 bits per heavy atom. The maximum atomic E-state index is 14.7. The van der Waals surface area contributed by atoms with Gasteiger partial charge in [-0.25, -0.2) is 4.79 Å². The van der Waals surface area contributed by atoms with E-state index in [0.29, 0.717) is 11.1 Å². The number of rotatable bonds is 15. The highest BCUT2D eigenvalue weighted by Gasteiger charge is 2.34. The number of hydrogen-bond donors (Lipinski definition) is 5. The smallest absolute Gasteiger partial charge is 0.325 e. The topological polar surface area (TPSA) is 181 Å². The summed E-state index contributed by atoms with van der Waals surface area (Å²) in [7, 11) is 0. The first-order valence-electron chi connectivity index (χ1n) is 15.5. The Morgan fingerprint density at radius 2 is 1.38 bits per heavy atom. The van der Waals surface area contributed by atoms with Crippen LogP contribution in [0.3, 0.4) is 0 Å². The quantitative estimate of drug-likeness (QED) is 0.0746. The highest BCUT2D eigenvalue weighted by molar-refractivity contribution is 5.95. The van der Waals surface area contributed by atoms with E-state index in [2.05, 4.69) is 10.6 Å². The lowest BCUT2D eigenvalue weighted by Crippen LogP contribution is -2.50. The van der Waals surface area contributed by atoms with Gasteiger partial charge in [0.2, 0.25) is 11.8 Å². The number of nitrogen functional groups attached to an aromatic ring is 1. The lowest BCUT2D eigenvalue weighted by molar-refractivity contribution is -0.141. The molecule has 11 heteroatoms. The lowest BCUT2D eigenvalue weighted by Gasteiger charge is -2.33. The van der Waals surface area contributed by atoms with Crippen molar-refractivity contribution in [3.05, 3.63) is 143 Å². The first-order chi connectivity index (χ1) is 23.2. The molecule has 0 aromatic heterocycles. The summed E-state index contributed by atoms with van der Waals surface area (Å²) in [6, 6.07) is 31.4. The molecular weight excluding hydrogens is 608 g/mol. The number of amidine groups is 1. The van der Waals surface area contributed by atoms with Gasteiger partial charge in [0.1, 0.15) is 18.4 Å². The molecule has 4 amide bonds. The maximum Gasteiger partial charge on any atom is 0.325 e. The number of nitrogens with zero attached hydrogens (tertiary/aromatic N) is 1. The number of esters is 1. The molecule has 0 saturated heterocycles. The van der Waals surface area contributed by atoms with E-state index in [1.165, 1.54) is 4.90 Å². The zero-order valence-electron chi connectivity index (χ0n) is 26.7. The maximum absolute atomic E-state index is 14.7. The molecule has 248 valence electrons. The van der Waals surface area contributed by atoms with Crippen LogP contribution in [0.4, 0.5) is 4.79 Å². The van der Waals surface area contributed by atoms with Gasteiger partial charge in [-0.2, -0.15) is 0 Å². The van der Waals surface area contributed by atoms with Crippen molar-refractivity contribution < 1.29 is 23.9 Å². The highest BCUT2D eigenvalue weighted by atomic mass is 16.5. The number of hydrogen-bond acceptors (Lipinski definition) is 6. The van der Waals surface area contributed by atoms with Crippen LogP contribution in [0.1, 0.15) is 46.2 Å². The summed E-state index contributed by atoms with van der Waals surface area (Å²) in [5.41, 5.74) is 16.0. The normalized spacial score (nSPS) is 11.3. The Hall–Kier alpha value is -5.97. The Morgan fingerprint density at radius 3 is 1.94 bits per heavy atom. The largest absolute Gasteiger partial charge is 0.465 e. The van der Waals surface area contributed by atoms with Gasteiger partial charge >= 0.3 is 12.0 Å². The Balaban J connectivity index is 1.63. The number of carbonyl (C=O) groups excluding carboxylic acids is 4. The predicted octanol–water partition coefficient (Wildman–Crippen LogP) is 3.59. The standard InChI is InChI=1S/C37H40N6O5/c1-2-48-32(44)23-42-37(47)41-22-25-16-18-26(19-17-25)24-43(31(35(40)45)21-27-10-9-15-30(20-27)34(38)39)36(46)33(28-11-5-3-6-12-28)29-13-7-4-8-14-29/h3-20,31,33H,2,21-24H2,1H3,(H3,38,39)(H2,40,45)(H2,41,42,47)/t31-/m1/s1. The second-order valence-corrected chi connectivity index (χ2v) is 11.1. The fourth-order valence-corrected chi connectivity index (χ4v) is 5.30. The number of ether oxygens (including phenoxy) is 1. The van der Waals surface area contributed by atoms with E-state index < -0.39 is 29.9 Å². The number of amides is 4. The number of nitrogens with two attached hydrogens (primary N) is 2. The van der Waals surface area contributed by atoms with Crippen LogP contribution in [0.15, 0.2) is 109 Å². The fourth-order valence-electron chi connectivity index (χ4n) is 5.30. The van der Waals surface area contributed by atoms with Crippen LogP contribution >= 0.6 is 0 Å². The monoisotopic (exact) mass is 648 g/mol. The Bertz CT molecular complexity index is 1670. The molecule has 0 aliphatic rings. The summed E-state index contributed by atoms with van der Waals surface area (Å²) in [4.78, 5) is 53.0. The van der Waals surface area contributed by atoms with Crippen LogP contribution in [0.5, 0.6) is 0 Å². The third-order valence-electron chi connectivity index (χ3n) is 7.70. The number of nitrogens with one attached hydrogen (secondary N) is 3. The summed E-state index contributed by atoms with van der Waals surface area (Å²) in [5.74, 6) is -2.33. The van der Waals surface area contributed by atoms with Gasteiger partial charge in [-0.15, -0.1) is 0 Å². The highest BCUT2D eigenvalue weighted by Crippen LogP contribution is 2.29. The molecule has 0 bridgehead atoms. The molecule has 7 N–H and O–H groups in total. The summed E-state index contributed by atoms with van der Waals surface area (Å²) in [6.07, 6.45) is 0.113. The molecule has 4 aromatic carbocycles. The van der Waals surface area contributed by atoms with Crippen molar-refractivity contribution in [3.63, 3.8) is 0 Å². The Labute approximate surface area is 279 Å². The third kappa shape index (κ3) is 9.76. The number of urea groups is 1. The zero-order valence-corrected chi connectivity index (χ0v) is 26.7. The van der Waals surface area contributed by atoms with Gasteiger partial charge in [-0.1, -0.05) is 103 Å². The summed E-state index contributed by atoms with van der Waals surface area (Å²) in [6.45, 7) is 1.93. The minimum atomic E-state index is -1.03. The van der Waals surface area contributed by atoms with Crippen molar-refractivity contribution in [2.24, 2.45) is 11.5 Å². The van der Waals surface area contributed by atoms with Crippen molar-refractivity contribution in [1.82, 2.24) is 15.5 Å². The molecule has 0 spiro atoms. The van der Waals surface area contributed by atoms with Crippen molar-refractivity contribution in [1.29, 1.82) is 5.41 Å². The third-order valence-corrected chi connectivity index (χ3v) is 7.70. The molecule has 4 aromatic rings. The van der Waals surface area contributed by atoms with Crippen LogP contribution in [0.25, 0.3) is 0 Å². The van der Waals surface area contributed by atoms with Gasteiger partial charge in [0.25, 0.3) is 0 Å². The number of carbonyl (C=O) groups is 4. The van der Waals surface area contributed by atoms with E-state index in [1.54, 1.807) is 25.1 Å². The minimum Gasteiger partial charge on any atom is -0.465 e. The van der Waals surface area contributed by atoms with E-state index in [4.69, 9.17) is 21.6 Å². The van der Waals surface area contributed by atoms with Gasteiger partial charge in [0, 0.05) is 25.1 Å². The molecule has 0 saturated carbocycles. The number of benzene rings is 4. The molecule has 0 fully saturated rings. The van der Waals surface area contributed by atoms with Gasteiger partial charge in [-0.05, 0) is 40.8 Å². The first-order valence-corrected chi connectivity index (χ1v) is 15.5.